The average molecular weight is 366 g/mol. The topological polar surface area (TPSA) is 76.7 Å². The van der Waals surface area contributed by atoms with E-state index in [1.165, 1.54) is 0 Å². The Kier molecular flexibility index (Phi) is 6.10. The number of amides is 2. The number of unbranched alkanes of at least 4 members (excludes halogenated alkanes) is 1. The first-order valence-electron chi connectivity index (χ1n) is 8.93. The maximum absolute atomic E-state index is 12.6. The average Bonchev–Trinajstić information content (AvgIpc) is 3.16. The van der Waals surface area contributed by atoms with E-state index in [-0.39, 0.29) is 24.3 Å². The Hall–Kier alpha value is -3.28. The number of benzene rings is 2. The summed E-state index contributed by atoms with van der Waals surface area (Å²) in [5, 5.41) is 5.55. The molecule has 0 bridgehead atoms. The first kappa shape index (κ1) is 18.5. The molecule has 6 nitrogen and oxygen atoms in total. The van der Waals surface area contributed by atoms with Crippen LogP contribution >= 0.6 is 0 Å². The predicted octanol–water partition coefficient (Wildman–Crippen LogP) is 3.10. The largest absolute Gasteiger partial charge is 0.454 e. The first-order valence-corrected chi connectivity index (χ1v) is 8.93. The third kappa shape index (κ3) is 4.88. The standard InChI is InChI=1S/C21H22N2O4/c1-2-3-11-22-21(25)17(23-20(24)16-7-5-4-6-8-16)12-15-9-10-18-19(13-15)27-14-26-18/h4-10,12-13H,2-3,11,14H2,1H3,(H,22,25)(H,23,24)/b17-12+. The fraction of sp³-hybridized carbons (Fsp3) is 0.238. The molecular formula is C21H22N2O4. The lowest BCUT2D eigenvalue weighted by Crippen LogP contribution is -2.35. The normalized spacial score (nSPS) is 12.6. The molecule has 0 radical (unpaired) electrons. The highest BCUT2D eigenvalue weighted by molar-refractivity contribution is 6.05. The summed E-state index contributed by atoms with van der Waals surface area (Å²) in [6.45, 7) is 2.78. The van der Waals surface area contributed by atoms with Gasteiger partial charge in [-0.15, -0.1) is 0 Å². The van der Waals surface area contributed by atoms with Crippen LogP contribution in [0.4, 0.5) is 0 Å². The van der Waals surface area contributed by atoms with Crippen molar-refractivity contribution in [2.24, 2.45) is 0 Å². The van der Waals surface area contributed by atoms with Gasteiger partial charge in [0, 0.05) is 12.1 Å². The number of hydrogen-bond donors (Lipinski definition) is 2. The van der Waals surface area contributed by atoms with Crippen molar-refractivity contribution in [3.8, 4) is 11.5 Å². The molecular weight excluding hydrogens is 344 g/mol. The van der Waals surface area contributed by atoms with Gasteiger partial charge in [-0.25, -0.2) is 0 Å². The Morgan fingerprint density at radius 1 is 1.07 bits per heavy atom. The maximum atomic E-state index is 12.6. The molecule has 27 heavy (non-hydrogen) atoms. The summed E-state index contributed by atoms with van der Waals surface area (Å²) >= 11 is 0. The van der Waals surface area contributed by atoms with E-state index in [9.17, 15) is 9.59 Å². The number of carbonyl (C=O) groups is 2. The minimum atomic E-state index is -0.340. The number of fused-ring (bicyclic) bond motifs is 1. The summed E-state index contributed by atoms with van der Waals surface area (Å²) < 4.78 is 10.7. The second-order valence-electron chi connectivity index (χ2n) is 6.10. The van der Waals surface area contributed by atoms with Crippen LogP contribution in [-0.4, -0.2) is 25.2 Å². The molecule has 140 valence electrons. The van der Waals surface area contributed by atoms with Gasteiger partial charge in [-0.2, -0.15) is 0 Å². The molecule has 0 fully saturated rings. The summed E-state index contributed by atoms with van der Waals surface area (Å²) in [5.41, 5.74) is 1.39. The minimum absolute atomic E-state index is 0.178. The summed E-state index contributed by atoms with van der Waals surface area (Å²) in [7, 11) is 0. The predicted molar refractivity (Wildman–Crippen MR) is 102 cm³/mol. The molecule has 1 heterocycles. The molecule has 0 unspecified atom stereocenters. The molecule has 0 aliphatic carbocycles. The summed E-state index contributed by atoms with van der Waals surface area (Å²) in [4.78, 5) is 25.1. The van der Waals surface area contributed by atoms with Gasteiger partial charge in [-0.05, 0) is 42.3 Å². The van der Waals surface area contributed by atoms with Crippen LogP contribution in [-0.2, 0) is 4.79 Å². The highest BCUT2D eigenvalue weighted by Crippen LogP contribution is 2.33. The third-order valence-corrected chi connectivity index (χ3v) is 4.05. The van der Waals surface area contributed by atoms with Crippen molar-refractivity contribution in [2.75, 3.05) is 13.3 Å². The lowest BCUT2D eigenvalue weighted by molar-refractivity contribution is -0.117. The highest BCUT2D eigenvalue weighted by Gasteiger charge is 2.16. The van der Waals surface area contributed by atoms with Gasteiger partial charge >= 0.3 is 0 Å². The van der Waals surface area contributed by atoms with Crippen LogP contribution in [0.5, 0.6) is 11.5 Å². The van der Waals surface area contributed by atoms with Crippen LogP contribution in [0.15, 0.2) is 54.2 Å². The Labute approximate surface area is 158 Å². The van der Waals surface area contributed by atoms with Crippen molar-refractivity contribution < 1.29 is 19.1 Å². The zero-order chi connectivity index (χ0) is 19.1. The van der Waals surface area contributed by atoms with E-state index in [1.807, 2.05) is 19.1 Å². The molecule has 0 aromatic heterocycles. The molecule has 2 amide bonds. The maximum Gasteiger partial charge on any atom is 0.267 e. The molecule has 2 N–H and O–H groups in total. The molecule has 1 aliphatic rings. The Morgan fingerprint density at radius 2 is 1.85 bits per heavy atom. The fourth-order valence-electron chi connectivity index (χ4n) is 2.59. The second kappa shape index (κ2) is 8.89. The van der Waals surface area contributed by atoms with Gasteiger partial charge in [0.1, 0.15) is 5.70 Å². The van der Waals surface area contributed by atoms with E-state index in [2.05, 4.69) is 10.6 Å². The lowest BCUT2D eigenvalue weighted by atomic mass is 10.1. The molecule has 0 saturated heterocycles. The Balaban J connectivity index is 1.82. The number of nitrogens with one attached hydrogen (secondary N) is 2. The molecule has 0 spiro atoms. The van der Waals surface area contributed by atoms with Crippen LogP contribution in [0, 0.1) is 0 Å². The van der Waals surface area contributed by atoms with Gasteiger partial charge in [0.2, 0.25) is 6.79 Å². The van der Waals surface area contributed by atoms with Gasteiger partial charge in [0.15, 0.2) is 11.5 Å². The van der Waals surface area contributed by atoms with Crippen molar-refractivity contribution >= 4 is 17.9 Å². The lowest BCUT2D eigenvalue weighted by Gasteiger charge is -2.11. The minimum Gasteiger partial charge on any atom is -0.454 e. The smallest absolute Gasteiger partial charge is 0.267 e. The van der Waals surface area contributed by atoms with Crippen LogP contribution in [0.1, 0.15) is 35.7 Å². The quantitative estimate of drug-likeness (QED) is 0.583. The van der Waals surface area contributed by atoms with Crippen LogP contribution < -0.4 is 20.1 Å². The van der Waals surface area contributed by atoms with E-state index in [0.717, 1.165) is 18.4 Å². The van der Waals surface area contributed by atoms with Crippen LogP contribution in [0.2, 0.25) is 0 Å². The zero-order valence-corrected chi connectivity index (χ0v) is 15.2. The van der Waals surface area contributed by atoms with Crippen molar-refractivity contribution in [1.82, 2.24) is 10.6 Å². The number of ether oxygens (including phenoxy) is 2. The van der Waals surface area contributed by atoms with E-state index in [4.69, 9.17) is 9.47 Å². The summed E-state index contributed by atoms with van der Waals surface area (Å²) in [5.74, 6) is 0.608. The zero-order valence-electron chi connectivity index (χ0n) is 15.2. The van der Waals surface area contributed by atoms with Gasteiger partial charge in [0.05, 0.1) is 0 Å². The third-order valence-electron chi connectivity index (χ3n) is 4.05. The van der Waals surface area contributed by atoms with Gasteiger partial charge in [-0.3, -0.25) is 9.59 Å². The number of rotatable bonds is 7. The van der Waals surface area contributed by atoms with E-state index < -0.39 is 0 Å². The van der Waals surface area contributed by atoms with Gasteiger partial charge < -0.3 is 20.1 Å². The SMILES string of the molecule is CCCCNC(=O)/C(=C\c1ccc2c(c1)OCO2)NC(=O)c1ccccc1. The second-order valence-corrected chi connectivity index (χ2v) is 6.10. The molecule has 2 aromatic rings. The molecule has 3 rings (SSSR count). The first-order chi connectivity index (χ1) is 13.2. The highest BCUT2D eigenvalue weighted by atomic mass is 16.7. The van der Waals surface area contributed by atoms with E-state index in [1.54, 1.807) is 42.5 Å². The molecule has 2 aromatic carbocycles. The monoisotopic (exact) mass is 366 g/mol. The van der Waals surface area contributed by atoms with Crippen molar-refractivity contribution in [1.29, 1.82) is 0 Å². The van der Waals surface area contributed by atoms with Crippen molar-refractivity contribution in [2.45, 2.75) is 19.8 Å². The Bertz CT molecular complexity index is 847. The van der Waals surface area contributed by atoms with Gasteiger partial charge in [0.25, 0.3) is 11.8 Å². The van der Waals surface area contributed by atoms with Crippen molar-refractivity contribution in [3.05, 3.63) is 65.4 Å². The van der Waals surface area contributed by atoms with E-state index >= 15 is 0 Å². The molecule has 0 saturated carbocycles. The van der Waals surface area contributed by atoms with Gasteiger partial charge in [-0.1, -0.05) is 37.6 Å². The summed E-state index contributed by atoms with van der Waals surface area (Å²) in [6, 6.07) is 14.1. The molecule has 6 heteroatoms. The van der Waals surface area contributed by atoms with Crippen molar-refractivity contribution in [3.63, 3.8) is 0 Å². The van der Waals surface area contributed by atoms with Crippen LogP contribution in [0.3, 0.4) is 0 Å². The molecule has 0 atom stereocenters. The number of carbonyl (C=O) groups excluding carboxylic acids is 2. The fourth-order valence-corrected chi connectivity index (χ4v) is 2.59. The number of hydrogen-bond acceptors (Lipinski definition) is 4. The van der Waals surface area contributed by atoms with E-state index in [0.29, 0.717) is 23.6 Å². The molecule has 1 aliphatic heterocycles. The van der Waals surface area contributed by atoms with Crippen LogP contribution in [0.25, 0.3) is 6.08 Å². The Morgan fingerprint density at radius 3 is 2.63 bits per heavy atom. The summed E-state index contributed by atoms with van der Waals surface area (Å²) in [6.07, 6.45) is 3.47.